The lowest BCUT2D eigenvalue weighted by atomic mass is 10.1. The van der Waals surface area contributed by atoms with Crippen molar-refractivity contribution in [1.82, 2.24) is 0 Å². The lowest BCUT2D eigenvalue weighted by molar-refractivity contribution is 0.102. The number of fused-ring (bicyclic) bond motifs is 1. The number of anilines is 2. The standard InChI is InChI=1S/C22H18N2O3S2/c1-24(29(26,27)21-10-5-15-28-21)18-13-11-17(12-14-18)22(25)23-20-9-4-7-16-6-2-3-8-19(16)20/h2-15H,1H3,(H,23,25). The van der Waals surface area contributed by atoms with E-state index in [-0.39, 0.29) is 10.1 Å². The number of carbonyl (C=O) groups is 1. The highest BCUT2D eigenvalue weighted by atomic mass is 32.2. The summed E-state index contributed by atoms with van der Waals surface area (Å²) < 4.78 is 26.8. The number of thiophene rings is 1. The fraction of sp³-hybridized carbons (Fsp3) is 0.0455. The normalized spacial score (nSPS) is 11.3. The molecule has 0 saturated carbocycles. The number of benzene rings is 3. The number of nitrogens with zero attached hydrogens (tertiary/aromatic N) is 1. The fourth-order valence-corrected chi connectivity index (χ4v) is 5.39. The van der Waals surface area contributed by atoms with E-state index in [4.69, 9.17) is 0 Å². The zero-order valence-corrected chi connectivity index (χ0v) is 17.2. The van der Waals surface area contributed by atoms with Crippen LogP contribution in [0.2, 0.25) is 0 Å². The molecule has 5 nitrogen and oxygen atoms in total. The molecule has 3 aromatic carbocycles. The topological polar surface area (TPSA) is 66.5 Å². The summed E-state index contributed by atoms with van der Waals surface area (Å²) in [6.07, 6.45) is 0. The summed E-state index contributed by atoms with van der Waals surface area (Å²) in [7, 11) is -2.10. The molecule has 0 aliphatic rings. The summed E-state index contributed by atoms with van der Waals surface area (Å²) >= 11 is 1.17. The van der Waals surface area contributed by atoms with Gasteiger partial charge in [-0.2, -0.15) is 0 Å². The molecule has 1 N–H and O–H groups in total. The monoisotopic (exact) mass is 422 g/mol. The Bertz CT molecular complexity index is 1260. The molecule has 0 spiro atoms. The van der Waals surface area contributed by atoms with E-state index < -0.39 is 10.0 Å². The fourth-order valence-electron chi connectivity index (χ4n) is 3.04. The number of hydrogen-bond acceptors (Lipinski definition) is 4. The second kappa shape index (κ2) is 7.69. The third kappa shape index (κ3) is 3.74. The first-order valence-corrected chi connectivity index (χ1v) is 11.2. The van der Waals surface area contributed by atoms with Crippen LogP contribution in [0.15, 0.2) is 88.5 Å². The van der Waals surface area contributed by atoms with Gasteiger partial charge in [0.15, 0.2) is 0 Å². The number of amides is 1. The zero-order valence-electron chi connectivity index (χ0n) is 15.6. The molecule has 4 aromatic rings. The third-order valence-corrected chi connectivity index (χ3v) is 7.80. The molecule has 0 fully saturated rings. The number of nitrogens with one attached hydrogen (secondary N) is 1. The van der Waals surface area contributed by atoms with Gasteiger partial charge >= 0.3 is 0 Å². The van der Waals surface area contributed by atoms with Gasteiger partial charge in [-0.1, -0.05) is 42.5 Å². The maximum absolute atomic E-state index is 12.7. The van der Waals surface area contributed by atoms with Gasteiger partial charge in [-0.3, -0.25) is 9.10 Å². The smallest absolute Gasteiger partial charge is 0.273 e. The number of carbonyl (C=O) groups excluding carboxylic acids is 1. The number of sulfonamides is 1. The first-order valence-electron chi connectivity index (χ1n) is 8.88. The van der Waals surface area contributed by atoms with Crippen molar-refractivity contribution in [2.45, 2.75) is 4.21 Å². The Kier molecular flexibility index (Phi) is 5.08. The summed E-state index contributed by atoms with van der Waals surface area (Å²) in [5.74, 6) is -0.253. The van der Waals surface area contributed by atoms with E-state index in [9.17, 15) is 13.2 Å². The Hall–Kier alpha value is -3.16. The number of rotatable bonds is 5. The molecule has 4 rings (SSSR count). The minimum absolute atomic E-state index is 0.253. The van der Waals surface area contributed by atoms with Crippen molar-refractivity contribution >= 4 is 49.4 Å². The molecular formula is C22H18N2O3S2. The molecule has 1 amide bonds. The second-order valence-electron chi connectivity index (χ2n) is 6.43. The van der Waals surface area contributed by atoms with Crippen molar-refractivity contribution in [2.75, 3.05) is 16.7 Å². The molecule has 0 unspecified atom stereocenters. The molecule has 0 radical (unpaired) electrons. The molecule has 0 bridgehead atoms. The Morgan fingerprint density at radius 3 is 2.34 bits per heavy atom. The summed E-state index contributed by atoms with van der Waals surface area (Å²) in [5, 5.41) is 6.66. The average molecular weight is 423 g/mol. The molecule has 29 heavy (non-hydrogen) atoms. The lowest BCUT2D eigenvalue weighted by Gasteiger charge is -2.18. The van der Waals surface area contributed by atoms with Crippen LogP contribution < -0.4 is 9.62 Å². The summed E-state index contributed by atoms with van der Waals surface area (Å²) in [6, 6.07) is 23.3. The number of hydrogen-bond donors (Lipinski definition) is 1. The van der Waals surface area contributed by atoms with Gasteiger partial charge in [0.25, 0.3) is 15.9 Å². The van der Waals surface area contributed by atoms with Gasteiger partial charge in [0.05, 0.1) is 5.69 Å². The highest BCUT2D eigenvalue weighted by Crippen LogP contribution is 2.26. The van der Waals surface area contributed by atoms with Crippen LogP contribution in [0.4, 0.5) is 11.4 Å². The van der Waals surface area contributed by atoms with Crippen LogP contribution in [0.1, 0.15) is 10.4 Å². The Morgan fingerprint density at radius 2 is 1.62 bits per heavy atom. The van der Waals surface area contributed by atoms with E-state index in [0.29, 0.717) is 11.3 Å². The van der Waals surface area contributed by atoms with Gasteiger partial charge in [-0.05, 0) is 47.2 Å². The maximum Gasteiger partial charge on any atom is 0.273 e. The maximum atomic E-state index is 12.7. The molecule has 0 aliphatic carbocycles. The molecule has 0 saturated heterocycles. The average Bonchev–Trinajstić information content (AvgIpc) is 3.29. The first-order chi connectivity index (χ1) is 14.0. The lowest BCUT2D eigenvalue weighted by Crippen LogP contribution is -2.25. The van der Waals surface area contributed by atoms with E-state index in [1.54, 1.807) is 41.8 Å². The van der Waals surface area contributed by atoms with Crippen molar-refractivity contribution in [3.63, 3.8) is 0 Å². The summed E-state index contributed by atoms with van der Waals surface area (Å²) in [5.41, 5.74) is 1.67. The van der Waals surface area contributed by atoms with Crippen molar-refractivity contribution in [2.24, 2.45) is 0 Å². The van der Waals surface area contributed by atoms with Crippen molar-refractivity contribution < 1.29 is 13.2 Å². The molecule has 0 atom stereocenters. The second-order valence-corrected chi connectivity index (χ2v) is 9.58. The van der Waals surface area contributed by atoms with Gasteiger partial charge in [0.2, 0.25) is 0 Å². The minimum Gasteiger partial charge on any atom is -0.321 e. The van der Waals surface area contributed by atoms with Crippen LogP contribution in [-0.2, 0) is 10.0 Å². The highest BCUT2D eigenvalue weighted by molar-refractivity contribution is 7.94. The molecule has 146 valence electrons. The predicted molar refractivity (Wildman–Crippen MR) is 118 cm³/mol. The minimum atomic E-state index is -3.60. The van der Waals surface area contributed by atoms with Gasteiger partial charge in [0.1, 0.15) is 4.21 Å². The van der Waals surface area contributed by atoms with E-state index in [1.165, 1.54) is 22.7 Å². The van der Waals surface area contributed by atoms with Crippen LogP contribution in [0.5, 0.6) is 0 Å². The van der Waals surface area contributed by atoms with Crippen LogP contribution in [0.25, 0.3) is 10.8 Å². The van der Waals surface area contributed by atoms with Crippen LogP contribution in [-0.4, -0.2) is 21.4 Å². The van der Waals surface area contributed by atoms with E-state index in [0.717, 1.165) is 16.5 Å². The quantitative estimate of drug-likeness (QED) is 0.493. The van der Waals surface area contributed by atoms with Crippen LogP contribution >= 0.6 is 11.3 Å². The molecule has 7 heteroatoms. The zero-order chi connectivity index (χ0) is 20.4. The van der Waals surface area contributed by atoms with Crippen molar-refractivity contribution in [3.05, 3.63) is 89.8 Å². The van der Waals surface area contributed by atoms with Crippen LogP contribution in [0.3, 0.4) is 0 Å². The molecule has 0 aliphatic heterocycles. The van der Waals surface area contributed by atoms with Gasteiger partial charge in [-0.15, -0.1) is 11.3 Å². The summed E-state index contributed by atoms with van der Waals surface area (Å²) in [6.45, 7) is 0. The molecule has 1 aromatic heterocycles. The Labute approximate surface area is 173 Å². The summed E-state index contributed by atoms with van der Waals surface area (Å²) in [4.78, 5) is 12.7. The highest BCUT2D eigenvalue weighted by Gasteiger charge is 2.22. The van der Waals surface area contributed by atoms with Gasteiger partial charge in [-0.25, -0.2) is 8.42 Å². The Balaban J connectivity index is 1.55. The van der Waals surface area contributed by atoms with Gasteiger partial charge in [0, 0.05) is 23.7 Å². The van der Waals surface area contributed by atoms with E-state index in [1.807, 2.05) is 42.5 Å². The van der Waals surface area contributed by atoms with Crippen LogP contribution in [0, 0.1) is 0 Å². The third-order valence-electron chi connectivity index (χ3n) is 4.64. The van der Waals surface area contributed by atoms with Gasteiger partial charge < -0.3 is 5.32 Å². The van der Waals surface area contributed by atoms with E-state index >= 15 is 0 Å². The largest absolute Gasteiger partial charge is 0.321 e. The SMILES string of the molecule is CN(c1ccc(C(=O)Nc2cccc3ccccc23)cc1)S(=O)(=O)c1cccs1. The van der Waals surface area contributed by atoms with Crippen molar-refractivity contribution in [3.8, 4) is 0 Å². The molecular weight excluding hydrogens is 404 g/mol. The van der Waals surface area contributed by atoms with E-state index in [2.05, 4.69) is 5.32 Å². The first kappa shape index (κ1) is 19.2. The van der Waals surface area contributed by atoms with Crippen molar-refractivity contribution in [1.29, 1.82) is 0 Å². The predicted octanol–water partition coefficient (Wildman–Crippen LogP) is 4.98. The Morgan fingerprint density at radius 1 is 0.897 bits per heavy atom. The molecule has 1 heterocycles.